The Bertz CT molecular complexity index is 630. The molecule has 98 valence electrons. The number of hydrogen-bond donors (Lipinski definition) is 2. The first-order valence-corrected chi connectivity index (χ1v) is 5.76. The van der Waals surface area contributed by atoms with Crippen molar-refractivity contribution in [1.29, 1.82) is 0 Å². The van der Waals surface area contributed by atoms with Crippen LogP contribution in [0, 0.1) is 6.92 Å². The third kappa shape index (κ3) is 2.49. The first-order chi connectivity index (χ1) is 9.00. The molecule has 2 N–H and O–H groups in total. The van der Waals surface area contributed by atoms with E-state index in [-0.39, 0.29) is 5.78 Å². The Morgan fingerprint density at radius 3 is 2.42 bits per heavy atom. The van der Waals surface area contributed by atoms with E-state index in [1.807, 2.05) is 6.07 Å². The Balaban J connectivity index is 2.49. The number of anilines is 1. The van der Waals surface area contributed by atoms with E-state index in [9.17, 15) is 9.59 Å². The molecule has 2 rings (SSSR count). The number of carbonyl (C=O) groups is 2. The number of aromatic nitrogens is 1. The number of amides is 1. The van der Waals surface area contributed by atoms with Crippen molar-refractivity contribution in [3.63, 3.8) is 0 Å². The van der Waals surface area contributed by atoms with Crippen LogP contribution in [0.2, 0.25) is 0 Å². The summed E-state index contributed by atoms with van der Waals surface area (Å²) < 4.78 is 1.72. The number of nitrogens with one attached hydrogen (secondary N) is 1. The van der Waals surface area contributed by atoms with Gasteiger partial charge in [0.2, 0.25) is 0 Å². The van der Waals surface area contributed by atoms with Gasteiger partial charge >= 0.3 is 6.09 Å². The van der Waals surface area contributed by atoms with Crippen LogP contribution >= 0.6 is 0 Å². The van der Waals surface area contributed by atoms with Gasteiger partial charge in [0.05, 0.1) is 11.3 Å². The highest BCUT2D eigenvalue weighted by Gasteiger charge is 2.20. The van der Waals surface area contributed by atoms with Crippen molar-refractivity contribution in [1.82, 2.24) is 4.57 Å². The summed E-state index contributed by atoms with van der Waals surface area (Å²) in [5.41, 5.74) is 1.94. The topological polar surface area (TPSA) is 71.3 Å². The number of benzene rings is 1. The molecule has 1 heterocycles. The summed E-state index contributed by atoms with van der Waals surface area (Å²) in [5, 5.41) is 11.1. The van der Waals surface area contributed by atoms with Crippen LogP contribution in [0.25, 0.3) is 0 Å². The highest BCUT2D eigenvalue weighted by molar-refractivity contribution is 6.14. The lowest BCUT2D eigenvalue weighted by Crippen LogP contribution is -2.11. The van der Waals surface area contributed by atoms with Gasteiger partial charge in [-0.2, -0.15) is 0 Å². The fraction of sp³-hybridized carbons (Fsp3) is 0.143. The van der Waals surface area contributed by atoms with E-state index in [1.165, 1.54) is 0 Å². The lowest BCUT2D eigenvalue weighted by Gasteiger charge is -2.05. The van der Waals surface area contributed by atoms with Gasteiger partial charge in [0, 0.05) is 24.5 Å². The first-order valence-electron chi connectivity index (χ1n) is 5.76. The van der Waals surface area contributed by atoms with Crippen LogP contribution in [0.15, 0.2) is 36.5 Å². The fourth-order valence-corrected chi connectivity index (χ4v) is 1.96. The van der Waals surface area contributed by atoms with E-state index in [1.54, 1.807) is 49.0 Å². The summed E-state index contributed by atoms with van der Waals surface area (Å²) in [6, 6.07) is 8.79. The Morgan fingerprint density at radius 1 is 1.21 bits per heavy atom. The third-order valence-electron chi connectivity index (χ3n) is 2.99. The molecule has 0 saturated carbocycles. The quantitative estimate of drug-likeness (QED) is 0.831. The van der Waals surface area contributed by atoms with E-state index in [0.29, 0.717) is 16.8 Å². The molecule has 1 aromatic carbocycles. The molecule has 19 heavy (non-hydrogen) atoms. The summed E-state index contributed by atoms with van der Waals surface area (Å²) in [6.07, 6.45) is 0.410. The van der Waals surface area contributed by atoms with Gasteiger partial charge in [-0.05, 0) is 6.92 Å². The average molecular weight is 258 g/mol. The van der Waals surface area contributed by atoms with Gasteiger partial charge in [-0.3, -0.25) is 10.1 Å². The maximum atomic E-state index is 12.4. The van der Waals surface area contributed by atoms with E-state index >= 15 is 0 Å². The van der Waals surface area contributed by atoms with Crippen LogP contribution in [0.3, 0.4) is 0 Å². The van der Waals surface area contributed by atoms with Crippen molar-refractivity contribution in [3.8, 4) is 0 Å². The molecule has 5 nitrogen and oxygen atoms in total. The van der Waals surface area contributed by atoms with Crippen molar-refractivity contribution in [3.05, 3.63) is 53.3 Å². The molecule has 2 aromatic rings. The summed E-state index contributed by atoms with van der Waals surface area (Å²) >= 11 is 0. The highest BCUT2D eigenvalue weighted by Crippen LogP contribution is 2.24. The molecule has 0 spiro atoms. The Hall–Kier alpha value is -2.56. The number of ketones is 1. The molecule has 0 aliphatic rings. The van der Waals surface area contributed by atoms with E-state index in [4.69, 9.17) is 5.11 Å². The minimum absolute atomic E-state index is 0.192. The molecule has 5 heteroatoms. The normalized spacial score (nSPS) is 10.2. The number of rotatable bonds is 3. The second kappa shape index (κ2) is 4.97. The number of hydrogen-bond acceptors (Lipinski definition) is 2. The summed E-state index contributed by atoms with van der Waals surface area (Å²) in [4.78, 5) is 23.2. The van der Waals surface area contributed by atoms with Crippen LogP contribution in [-0.4, -0.2) is 21.6 Å². The van der Waals surface area contributed by atoms with E-state index in [2.05, 4.69) is 5.32 Å². The molecule has 0 radical (unpaired) electrons. The fourth-order valence-electron chi connectivity index (χ4n) is 1.96. The Kier molecular flexibility index (Phi) is 3.37. The summed E-state index contributed by atoms with van der Waals surface area (Å²) in [7, 11) is 1.77. The van der Waals surface area contributed by atoms with Crippen molar-refractivity contribution < 1.29 is 14.7 Å². The zero-order valence-corrected chi connectivity index (χ0v) is 10.7. The molecule has 1 aromatic heterocycles. The number of carbonyl (C=O) groups excluding carboxylic acids is 1. The molecule has 0 unspecified atom stereocenters. The molecule has 0 bridgehead atoms. The monoisotopic (exact) mass is 258 g/mol. The third-order valence-corrected chi connectivity index (χ3v) is 2.99. The average Bonchev–Trinajstić information content (AvgIpc) is 2.64. The second-order valence-corrected chi connectivity index (χ2v) is 4.24. The van der Waals surface area contributed by atoms with Gasteiger partial charge in [0.1, 0.15) is 0 Å². The Labute approximate surface area is 110 Å². The zero-order valence-electron chi connectivity index (χ0n) is 10.7. The van der Waals surface area contributed by atoms with Crippen LogP contribution in [0.4, 0.5) is 10.5 Å². The first kappa shape index (κ1) is 12.9. The summed E-state index contributed by atoms with van der Waals surface area (Å²) in [6.45, 7) is 1.78. The van der Waals surface area contributed by atoms with Gasteiger partial charge in [0.15, 0.2) is 5.78 Å². The standard InChI is InChI=1S/C14H14N2O3/c1-9-12(11(8-16(9)2)15-14(18)19)13(17)10-6-4-3-5-7-10/h3-8,15H,1-2H3,(H,18,19). The van der Waals surface area contributed by atoms with Crippen molar-refractivity contribution in [2.75, 3.05) is 5.32 Å². The van der Waals surface area contributed by atoms with Crippen LogP contribution < -0.4 is 5.32 Å². The minimum atomic E-state index is -1.19. The maximum Gasteiger partial charge on any atom is 0.409 e. The van der Waals surface area contributed by atoms with Crippen LogP contribution in [-0.2, 0) is 7.05 Å². The molecule has 0 saturated heterocycles. The molecule has 0 aliphatic carbocycles. The van der Waals surface area contributed by atoms with E-state index in [0.717, 1.165) is 5.69 Å². The van der Waals surface area contributed by atoms with Crippen molar-refractivity contribution in [2.45, 2.75) is 6.92 Å². The number of nitrogens with zero attached hydrogens (tertiary/aromatic N) is 1. The van der Waals surface area contributed by atoms with Gasteiger partial charge in [-0.25, -0.2) is 4.79 Å². The van der Waals surface area contributed by atoms with Gasteiger partial charge in [-0.1, -0.05) is 30.3 Å². The Morgan fingerprint density at radius 2 is 1.84 bits per heavy atom. The molecule has 0 aliphatic heterocycles. The van der Waals surface area contributed by atoms with Gasteiger partial charge in [-0.15, -0.1) is 0 Å². The van der Waals surface area contributed by atoms with Crippen molar-refractivity contribution >= 4 is 17.6 Å². The maximum absolute atomic E-state index is 12.4. The molecule has 1 amide bonds. The second-order valence-electron chi connectivity index (χ2n) is 4.24. The zero-order chi connectivity index (χ0) is 14.0. The van der Waals surface area contributed by atoms with Crippen LogP contribution in [0.1, 0.15) is 21.6 Å². The number of carboxylic acid groups (broad SMARTS) is 1. The predicted octanol–water partition coefficient (Wildman–Crippen LogP) is 2.65. The van der Waals surface area contributed by atoms with Crippen LogP contribution in [0.5, 0.6) is 0 Å². The molecule has 0 fully saturated rings. The lowest BCUT2D eigenvalue weighted by molar-refractivity contribution is 0.103. The molecular weight excluding hydrogens is 244 g/mol. The predicted molar refractivity (Wildman–Crippen MR) is 71.7 cm³/mol. The SMILES string of the molecule is Cc1c(C(=O)c2ccccc2)c(NC(=O)O)cn1C. The number of aryl methyl sites for hydroxylation is 1. The van der Waals surface area contributed by atoms with Gasteiger partial charge in [0.25, 0.3) is 0 Å². The summed E-state index contributed by atoms with van der Waals surface area (Å²) in [5.74, 6) is -0.192. The minimum Gasteiger partial charge on any atom is -0.465 e. The smallest absolute Gasteiger partial charge is 0.409 e. The molecular formula is C14H14N2O3. The highest BCUT2D eigenvalue weighted by atomic mass is 16.4. The van der Waals surface area contributed by atoms with Gasteiger partial charge < -0.3 is 9.67 Å². The molecule has 0 atom stereocenters. The lowest BCUT2D eigenvalue weighted by atomic mass is 10.0. The van der Waals surface area contributed by atoms with Crippen molar-refractivity contribution in [2.24, 2.45) is 7.05 Å². The van der Waals surface area contributed by atoms with E-state index < -0.39 is 6.09 Å². The largest absolute Gasteiger partial charge is 0.465 e.